The molecule has 3 saturated heterocycles. The Kier molecular flexibility index (Phi) is 20.5. The molecule has 2 N–H and O–H groups in total. The maximum atomic E-state index is 13.5. The average Bonchev–Trinajstić information content (AvgIpc) is 1.48. The first-order chi connectivity index (χ1) is 40.5. The van der Waals surface area contributed by atoms with Crippen LogP contribution in [0.25, 0.3) is 0 Å². The molecular formula is C69H106BBrN6NaO9. The normalized spacial score (nSPS) is 47.8. The molecule has 9 saturated carbocycles. The smallest absolute Gasteiger partial charge is 1.00 e. The van der Waals surface area contributed by atoms with Crippen LogP contribution in [-0.2, 0) is 38.2 Å². The Bertz CT molecular complexity index is 2650. The first kappa shape index (κ1) is 68.1. The molecule has 0 aromatic rings. The van der Waals surface area contributed by atoms with E-state index in [0.29, 0.717) is 83.0 Å². The molecule has 477 valence electrons. The van der Waals surface area contributed by atoms with Crippen LogP contribution in [0.5, 0.6) is 0 Å². The number of ketones is 2. The standard InChI is InChI=1S/C23H36N2O3.C23H34N2O3.C19H26BrNO2.C4H9NO.B.Na.H/c2*1-22-9-7-20(26)24(3)19(22)5-4-15-16(22)6-8-23(2)17(15)14-18(21(23)27)25-10-12-28-13-11-25;1-18-9-7-16(22)21(3)15(18)5-4-11-12(18)6-8-19(2)13(11)10-14(20)17(19)23;1-3-6-4-2-5-1;;;/h7,9,15-19,21,27H,4-6,8,10-14H2,1-3H3;7,9,15-19H,4-6,8,10-14H2,1-3H3;7,9,11-15H,4-6,8,10H2,1-3H3;5H,1-4H2;;;/q;;;;;+1;-1/t15?,16?,17-,18-,19+,21-,22+,23-;15?,16?,17-,18-,19+,22+,23-;11?,12?,13-,14+,15+,18+,19-;;;;/m000..../s1. The van der Waals surface area contributed by atoms with E-state index in [4.69, 9.17) is 14.2 Å². The van der Waals surface area contributed by atoms with Crippen molar-refractivity contribution in [2.45, 2.75) is 179 Å². The largest absolute Gasteiger partial charge is 1.00 e. The molecule has 3 radical (unpaired) electrons. The predicted molar refractivity (Wildman–Crippen MR) is 338 cm³/mol. The van der Waals surface area contributed by atoms with Gasteiger partial charge >= 0.3 is 29.6 Å². The van der Waals surface area contributed by atoms with E-state index in [1.165, 1.54) is 12.8 Å². The van der Waals surface area contributed by atoms with Gasteiger partial charge in [0.15, 0.2) is 11.6 Å². The third-order valence-corrected chi connectivity index (χ3v) is 28.4. The van der Waals surface area contributed by atoms with E-state index in [1.54, 1.807) is 12.2 Å². The van der Waals surface area contributed by atoms with E-state index >= 15 is 0 Å². The fourth-order valence-electron chi connectivity index (χ4n) is 22.7. The zero-order valence-electron chi connectivity index (χ0n) is 55.7. The van der Waals surface area contributed by atoms with Crippen LogP contribution >= 0.6 is 15.9 Å². The van der Waals surface area contributed by atoms with Gasteiger partial charge < -0.3 is 40.8 Å². The summed E-state index contributed by atoms with van der Waals surface area (Å²) >= 11 is 3.63. The first-order valence-electron chi connectivity index (χ1n) is 33.7. The van der Waals surface area contributed by atoms with Crippen molar-refractivity contribution >= 4 is 53.6 Å². The number of hydrogen-bond donors (Lipinski definition) is 2. The number of rotatable bonds is 2. The van der Waals surface area contributed by atoms with Crippen LogP contribution in [0.4, 0.5) is 0 Å². The van der Waals surface area contributed by atoms with E-state index in [2.05, 4.69) is 90.8 Å². The molecule has 6 unspecified atom stereocenters. The van der Waals surface area contributed by atoms with E-state index in [9.17, 15) is 29.1 Å². The molecule has 0 spiro atoms. The second-order valence-electron chi connectivity index (χ2n) is 30.9. The van der Waals surface area contributed by atoms with Crippen LogP contribution in [0.1, 0.15) is 139 Å². The van der Waals surface area contributed by atoms with E-state index in [0.717, 1.165) is 162 Å². The third kappa shape index (κ3) is 11.4. The Hall–Kier alpha value is -1.77. The van der Waals surface area contributed by atoms with Crippen LogP contribution in [0.15, 0.2) is 36.5 Å². The predicted octanol–water partition coefficient (Wildman–Crippen LogP) is 4.71. The number of aliphatic hydroxyl groups is 1. The summed E-state index contributed by atoms with van der Waals surface area (Å²) in [5.74, 6) is 6.61. The minimum Gasteiger partial charge on any atom is -1.00 e. The van der Waals surface area contributed by atoms with Crippen molar-refractivity contribution in [3.05, 3.63) is 36.5 Å². The number of nitrogens with zero attached hydrogens (tertiary/aromatic N) is 5. The third-order valence-electron chi connectivity index (χ3n) is 27.6. The van der Waals surface area contributed by atoms with Crippen LogP contribution in [0, 0.1) is 85.8 Å². The molecule has 15 aliphatic rings. The van der Waals surface area contributed by atoms with Gasteiger partial charge in [-0.25, -0.2) is 0 Å². The number of halogens is 1. The van der Waals surface area contributed by atoms with Crippen molar-refractivity contribution in [2.75, 3.05) is 100 Å². The van der Waals surface area contributed by atoms with Gasteiger partial charge in [0.2, 0.25) is 17.7 Å². The second-order valence-corrected chi connectivity index (χ2v) is 32.0. The number of aliphatic hydroxyl groups excluding tert-OH is 1. The first-order valence-corrected chi connectivity index (χ1v) is 34.6. The van der Waals surface area contributed by atoms with Gasteiger partial charge in [-0.15, -0.1) is 0 Å². The zero-order chi connectivity index (χ0) is 60.2. The SMILES string of the molecule is C1COCCN1.CN1C(=O)C=C[C@]2(C)C3CC[C@@]4(C)[C@@H](C[C@H](N5CCOCC5)[C@@H]4O)C3CC[C@@H]12.CN1C(=O)C=C[C@]2(C)C3CC[C@]4(C)C(=O)[C@@H](N5CCOCC5)C[C@H]4C3CC[C@@H]12.CN1C(=O)C=C[C@]2(C)C3CC[C@]4(C)C(=O)[C@H](Br)C[C@H]4C3CC[C@@H]12.[B].[H-].[Na+]. The number of likely N-dealkylation sites (N-methyl/N-ethyl adjacent to an activating group) is 3. The van der Waals surface area contributed by atoms with E-state index in [-0.39, 0.29) is 113 Å². The second kappa shape index (κ2) is 26.2. The summed E-state index contributed by atoms with van der Waals surface area (Å²) in [7, 11) is 5.90. The number of morpholine rings is 3. The molecule has 9 aliphatic carbocycles. The Balaban J connectivity index is 0.000000148. The Morgan fingerprint density at radius 3 is 1.32 bits per heavy atom. The molecule has 22 atom stereocenters. The summed E-state index contributed by atoms with van der Waals surface area (Å²) in [4.78, 5) is 73.6. The molecule has 0 aromatic carbocycles. The van der Waals surface area contributed by atoms with Crippen molar-refractivity contribution in [3.8, 4) is 0 Å². The van der Waals surface area contributed by atoms with Gasteiger partial charge in [0, 0.05) is 120 Å². The van der Waals surface area contributed by atoms with Crippen molar-refractivity contribution < 1.29 is 74.3 Å². The van der Waals surface area contributed by atoms with Gasteiger partial charge in [-0.3, -0.25) is 33.8 Å². The van der Waals surface area contributed by atoms with Crippen molar-refractivity contribution in [1.82, 2.24) is 29.8 Å². The van der Waals surface area contributed by atoms with Gasteiger partial charge in [0.25, 0.3) is 0 Å². The van der Waals surface area contributed by atoms with Gasteiger partial charge in [0.05, 0.1) is 56.6 Å². The maximum Gasteiger partial charge on any atom is 1.00 e. The molecule has 18 heteroatoms. The summed E-state index contributed by atoms with van der Waals surface area (Å²) < 4.78 is 16.1. The molecule has 0 aromatic heterocycles. The van der Waals surface area contributed by atoms with E-state index in [1.807, 2.05) is 41.9 Å². The summed E-state index contributed by atoms with van der Waals surface area (Å²) in [5.41, 5.74) is -0.0538. The molecule has 15 rings (SSSR count). The number of fused-ring (bicyclic) bond motifs is 15. The Morgan fingerprint density at radius 2 is 0.897 bits per heavy atom. The maximum absolute atomic E-state index is 13.5. The number of carbonyl (C=O) groups excluding carboxylic acids is 5. The van der Waals surface area contributed by atoms with Crippen molar-refractivity contribution in [3.63, 3.8) is 0 Å². The fraction of sp³-hybridized carbons (Fsp3) is 0.841. The quantitative estimate of drug-likeness (QED) is 0.290. The summed E-state index contributed by atoms with van der Waals surface area (Å²) in [6, 6.07) is 1.34. The van der Waals surface area contributed by atoms with Crippen molar-refractivity contribution in [1.29, 1.82) is 0 Å². The van der Waals surface area contributed by atoms with Gasteiger partial charge in [0.1, 0.15) is 0 Å². The minimum absolute atomic E-state index is 0. The number of ether oxygens (including phenoxy) is 3. The molecule has 12 fully saturated rings. The molecule has 87 heavy (non-hydrogen) atoms. The van der Waals surface area contributed by atoms with Crippen LogP contribution in [-0.4, -0.2) is 209 Å². The molecule has 0 bridgehead atoms. The summed E-state index contributed by atoms with van der Waals surface area (Å²) in [6.07, 6.45) is 28.2. The van der Waals surface area contributed by atoms with E-state index < -0.39 is 0 Å². The van der Waals surface area contributed by atoms with Crippen LogP contribution in [0.3, 0.4) is 0 Å². The number of nitrogens with one attached hydrogen (secondary N) is 1. The van der Waals surface area contributed by atoms with Gasteiger partial charge in [-0.05, 0) is 173 Å². The zero-order valence-corrected chi connectivity index (χ0v) is 58.3. The molecular weight excluding hydrogens is 1170 g/mol. The van der Waals surface area contributed by atoms with Crippen LogP contribution < -0.4 is 34.9 Å². The average molecular weight is 1280 g/mol. The number of Topliss-reactive ketones (excluding diaryl/α,β-unsaturated/α-hetero) is 2. The Morgan fingerprint density at radius 1 is 0.506 bits per heavy atom. The summed E-state index contributed by atoms with van der Waals surface area (Å²) in [5, 5.41) is 14.6. The Labute approximate surface area is 555 Å². The minimum atomic E-state index is -0.228. The van der Waals surface area contributed by atoms with Gasteiger partial charge in [-0.2, -0.15) is 0 Å². The molecule has 15 nitrogen and oxygen atoms in total. The number of hydrogen-bond acceptors (Lipinski definition) is 12. The number of carbonyl (C=O) groups is 5. The number of alkyl halides is 1. The molecule has 3 amide bonds. The topological polar surface area (TPSA) is 162 Å². The molecule has 6 heterocycles. The van der Waals surface area contributed by atoms with Gasteiger partial charge in [-0.1, -0.05) is 75.7 Å². The monoisotopic (exact) mass is 1280 g/mol. The number of amides is 3. The summed E-state index contributed by atoms with van der Waals surface area (Å²) in [6.45, 7) is 24.5. The van der Waals surface area contributed by atoms with Crippen LogP contribution in [0.2, 0.25) is 0 Å². The van der Waals surface area contributed by atoms with Crippen molar-refractivity contribution in [2.24, 2.45) is 85.8 Å². The fourth-order valence-corrected chi connectivity index (χ4v) is 23.6. The molecule has 6 aliphatic heterocycles.